The van der Waals surface area contributed by atoms with Crippen LogP contribution in [0.15, 0.2) is 5.16 Å². The van der Waals surface area contributed by atoms with Crippen molar-refractivity contribution in [3.05, 3.63) is 0 Å². The highest BCUT2D eigenvalue weighted by molar-refractivity contribution is 6.78. The van der Waals surface area contributed by atoms with E-state index in [1.807, 2.05) is 0 Å². The molecule has 0 aliphatic carbocycles. The van der Waals surface area contributed by atoms with Gasteiger partial charge in [0.2, 0.25) is 0 Å². The molecular formula is C2HCl2NO2. The average molecular weight is 142 g/mol. The van der Waals surface area contributed by atoms with Crippen molar-refractivity contribution in [2.45, 2.75) is 0 Å². The summed E-state index contributed by atoms with van der Waals surface area (Å²) in [5.41, 5.74) is 0. The van der Waals surface area contributed by atoms with Crippen LogP contribution < -0.4 is 0 Å². The first-order valence-corrected chi connectivity index (χ1v) is 1.96. The van der Waals surface area contributed by atoms with Crippen LogP contribution in [-0.4, -0.2) is 11.5 Å². The van der Waals surface area contributed by atoms with Gasteiger partial charge in [-0.2, -0.15) is 0 Å². The number of rotatable bonds is 2. The van der Waals surface area contributed by atoms with E-state index >= 15 is 0 Å². The lowest BCUT2D eigenvalue weighted by Crippen LogP contribution is -1.83. The van der Waals surface area contributed by atoms with E-state index in [1.54, 1.807) is 0 Å². The van der Waals surface area contributed by atoms with Gasteiger partial charge in [0.1, 0.15) is 6.21 Å². The molecule has 0 radical (unpaired) electrons. The topological polar surface area (TPSA) is 38.7 Å². The Morgan fingerprint density at radius 2 is 2.43 bits per heavy atom. The van der Waals surface area contributed by atoms with Crippen molar-refractivity contribution < 1.29 is 9.18 Å². The lowest BCUT2D eigenvalue weighted by molar-refractivity contribution is -0.105. The molecule has 0 bridgehead atoms. The van der Waals surface area contributed by atoms with Crippen LogP contribution in [0.5, 0.6) is 0 Å². The van der Waals surface area contributed by atoms with Crippen LogP contribution in [0.3, 0.4) is 0 Å². The summed E-state index contributed by atoms with van der Waals surface area (Å²) >= 11 is 9.27. The summed E-state index contributed by atoms with van der Waals surface area (Å²) in [6.07, 6.45) is 0.745. The van der Waals surface area contributed by atoms with E-state index in [0.717, 1.165) is 6.21 Å². The Bertz CT molecular complexity index is 91.7. The standard InChI is InChI=1S/C2HCl2NO2/c3-2(6)1-5-7-4/h1H. The summed E-state index contributed by atoms with van der Waals surface area (Å²) in [6, 6.07) is 0. The van der Waals surface area contributed by atoms with Crippen LogP contribution in [0.25, 0.3) is 0 Å². The first kappa shape index (κ1) is 6.72. The first-order valence-electron chi connectivity index (χ1n) is 1.28. The fraction of sp³-hybridized carbons (Fsp3) is 0. The summed E-state index contributed by atoms with van der Waals surface area (Å²) < 4.78 is 3.59. The molecule has 0 unspecified atom stereocenters. The number of carbonyl (C=O) groups is 1. The Balaban J connectivity index is 3.26. The van der Waals surface area contributed by atoms with E-state index in [1.165, 1.54) is 0 Å². The van der Waals surface area contributed by atoms with Crippen LogP contribution in [-0.2, 0) is 9.18 Å². The van der Waals surface area contributed by atoms with Crippen LogP contribution in [0, 0.1) is 0 Å². The molecule has 0 saturated heterocycles. The molecule has 7 heavy (non-hydrogen) atoms. The molecule has 0 heterocycles. The fourth-order valence-electron chi connectivity index (χ4n) is 0.0614. The zero-order valence-corrected chi connectivity index (χ0v) is 4.61. The highest BCUT2D eigenvalue weighted by Gasteiger charge is 1.82. The largest absolute Gasteiger partial charge is 0.277 e. The molecular weight excluding hydrogens is 141 g/mol. The lowest BCUT2D eigenvalue weighted by Gasteiger charge is -1.72. The molecule has 3 nitrogen and oxygen atoms in total. The van der Waals surface area contributed by atoms with E-state index in [2.05, 4.69) is 21.4 Å². The van der Waals surface area contributed by atoms with E-state index in [0.29, 0.717) is 0 Å². The molecule has 40 valence electrons. The minimum atomic E-state index is -0.722. The van der Waals surface area contributed by atoms with E-state index in [-0.39, 0.29) is 0 Å². The molecule has 0 spiro atoms. The maximum absolute atomic E-state index is 9.68. The first-order chi connectivity index (χ1) is 3.27. The van der Waals surface area contributed by atoms with Crippen LogP contribution in [0.1, 0.15) is 0 Å². The third-order valence-corrected chi connectivity index (χ3v) is 0.371. The average Bonchev–Trinajstić information content (AvgIpc) is 1.61. The van der Waals surface area contributed by atoms with Crippen molar-refractivity contribution in [1.29, 1.82) is 0 Å². The number of carbonyl (C=O) groups excluding carboxylic acids is 1. The van der Waals surface area contributed by atoms with E-state index in [4.69, 9.17) is 11.6 Å². The second-order valence-electron chi connectivity index (χ2n) is 0.608. The number of nitrogens with zero attached hydrogens (tertiary/aromatic N) is 1. The Morgan fingerprint density at radius 3 is 2.57 bits per heavy atom. The molecule has 0 rings (SSSR count). The summed E-state index contributed by atoms with van der Waals surface area (Å²) in [6.45, 7) is 0. The van der Waals surface area contributed by atoms with E-state index < -0.39 is 5.24 Å². The van der Waals surface area contributed by atoms with Crippen molar-refractivity contribution in [2.24, 2.45) is 5.16 Å². The Morgan fingerprint density at radius 1 is 1.86 bits per heavy atom. The molecule has 0 N–H and O–H groups in total. The van der Waals surface area contributed by atoms with Gasteiger partial charge in [0, 0.05) is 0 Å². The maximum Gasteiger partial charge on any atom is 0.266 e. The molecule has 0 saturated carbocycles. The summed E-state index contributed by atoms with van der Waals surface area (Å²) in [5.74, 6) is 0. The Kier molecular flexibility index (Phi) is 3.74. The third kappa shape index (κ3) is 5.72. The van der Waals surface area contributed by atoms with Gasteiger partial charge < -0.3 is 0 Å². The van der Waals surface area contributed by atoms with Crippen molar-refractivity contribution in [3.8, 4) is 0 Å². The highest BCUT2D eigenvalue weighted by Crippen LogP contribution is 1.79. The molecule has 0 amide bonds. The van der Waals surface area contributed by atoms with Crippen LogP contribution in [0.2, 0.25) is 0 Å². The predicted molar refractivity (Wildman–Crippen MR) is 26.3 cm³/mol. The number of hydrogen-bond donors (Lipinski definition) is 0. The molecule has 0 aliphatic rings. The normalized spacial score (nSPS) is 9.43. The van der Waals surface area contributed by atoms with Gasteiger partial charge >= 0.3 is 0 Å². The number of halogens is 2. The fourth-order valence-corrected chi connectivity index (χ4v) is 0.141. The summed E-state index contributed by atoms with van der Waals surface area (Å²) in [4.78, 5) is 9.68. The maximum atomic E-state index is 9.68. The zero-order chi connectivity index (χ0) is 5.70. The highest BCUT2D eigenvalue weighted by atomic mass is 35.5. The number of oxime groups is 1. The Hall–Kier alpha value is -0.280. The van der Waals surface area contributed by atoms with Gasteiger partial charge in [-0.15, -0.1) is 0 Å². The molecule has 0 fully saturated rings. The van der Waals surface area contributed by atoms with Crippen LogP contribution >= 0.6 is 23.5 Å². The minimum Gasteiger partial charge on any atom is -0.277 e. The zero-order valence-electron chi connectivity index (χ0n) is 3.10. The van der Waals surface area contributed by atoms with Crippen LogP contribution in [0.4, 0.5) is 0 Å². The van der Waals surface area contributed by atoms with E-state index in [9.17, 15) is 4.79 Å². The Labute approximate surface area is 50.0 Å². The van der Waals surface area contributed by atoms with Gasteiger partial charge in [-0.3, -0.25) is 9.18 Å². The van der Waals surface area contributed by atoms with Gasteiger partial charge in [0.25, 0.3) is 5.24 Å². The molecule has 0 atom stereocenters. The third-order valence-electron chi connectivity index (χ3n) is 0.194. The molecule has 0 aromatic carbocycles. The lowest BCUT2D eigenvalue weighted by atomic mass is 10.9. The van der Waals surface area contributed by atoms with Crippen molar-refractivity contribution in [2.75, 3.05) is 0 Å². The SMILES string of the molecule is O=C(Cl)C=NOCl. The van der Waals surface area contributed by atoms with Gasteiger partial charge in [-0.05, 0) is 11.6 Å². The number of hydrogen-bond acceptors (Lipinski definition) is 3. The molecule has 0 aliphatic heterocycles. The summed E-state index contributed by atoms with van der Waals surface area (Å²) in [5, 5.41) is 2.11. The van der Waals surface area contributed by atoms with Gasteiger partial charge in [0.15, 0.2) is 11.9 Å². The predicted octanol–water partition coefficient (Wildman–Crippen LogP) is 0.908. The molecule has 5 heteroatoms. The van der Waals surface area contributed by atoms with Gasteiger partial charge in [-0.25, -0.2) is 0 Å². The van der Waals surface area contributed by atoms with Crippen molar-refractivity contribution >= 4 is 34.9 Å². The molecule has 0 aromatic heterocycles. The van der Waals surface area contributed by atoms with Gasteiger partial charge in [0.05, 0.1) is 0 Å². The van der Waals surface area contributed by atoms with Gasteiger partial charge in [-0.1, -0.05) is 5.16 Å². The van der Waals surface area contributed by atoms with Crippen molar-refractivity contribution in [3.63, 3.8) is 0 Å². The smallest absolute Gasteiger partial charge is 0.266 e. The molecule has 0 aromatic rings. The summed E-state index contributed by atoms with van der Waals surface area (Å²) in [7, 11) is 0. The second-order valence-corrected chi connectivity index (χ2v) is 1.12. The monoisotopic (exact) mass is 141 g/mol. The second kappa shape index (κ2) is 3.89. The van der Waals surface area contributed by atoms with Crippen molar-refractivity contribution in [1.82, 2.24) is 0 Å². The quantitative estimate of drug-likeness (QED) is 0.326. The minimum absolute atomic E-state index is 0.722.